The topological polar surface area (TPSA) is 44.8 Å². The van der Waals surface area contributed by atoms with Crippen molar-refractivity contribution < 1.29 is 0 Å². The third kappa shape index (κ3) is 1.93. The zero-order valence-corrected chi connectivity index (χ0v) is 9.20. The van der Waals surface area contributed by atoms with Crippen LogP contribution in [0, 0.1) is 0 Å². The number of H-pyrrole nitrogens is 1. The molecule has 0 unspecified atom stereocenters. The van der Waals surface area contributed by atoms with E-state index in [1.165, 1.54) is 12.8 Å². The summed E-state index contributed by atoms with van der Waals surface area (Å²) < 4.78 is 0. The molecule has 0 saturated heterocycles. The summed E-state index contributed by atoms with van der Waals surface area (Å²) in [4.78, 5) is 13.8. The first-order chi connectivity index (χ1) is 7.33. The summed E-state index contributed by atoms with van der Waals surface area (Å²) in [6, 6.07) is 2.02. The SMILES string of the molecule is CCCCN(C)c1ncnc2[nH]ccc12. The van der Waals surface area contributed by atoms with Gasteiger partial charge in [0.1, 0.15) is 17.8 Å². The minimum Gasteiger partial charge on any atom is -0.359 e. The minimum absolute atomic E-state index is 0.906. The summed E-state index contributed by atoms with van der Waals surface area (Å²) in [5.74, 6) is 1.01. The zero-order chi connectivity index (χ0) is 10.7. The molecular weight excluding hydrogens is 188 g/mol. The van der Waals surface area contributed by atoms with Crippen molar-refractivity contribution in [2.24, 2.45) is 0 Å². The van der Waals surface area contributed by atoms with Crippen molar-refractivity contribution in [3.8, 4) is 0 Å². The molecule has 4 nitrogen and oxygen atoms in total. The maximum atomic E-state index is 4.33. The Morgan fingerprint density at radius 3 is 3.07 bits per heavy atom. The molecule has 2 heterocycles. The van der Waals surface area contributed by atoms with Gasteiger partial charge in [-0.1, -0.05) is 13.3 Å². The Hall–Kier alpha value is -1.58. The molecule has 2 aromatic rings. The molecule has 2 aromatic heterocycles. The van der Waals surface area contributed by atoms with Crippen molar-refractivity contribution in [3.05, 3.63) is 18.6 Å². The number of nitrogens with one attached hydrogen (secondary N) is 1. The van der Waals surface area contributed by atoms with Crippen LogP contribution in [0.2, 0.25) is 0 Å². The summed E-state index contributed by atoms with van der Waals surface area (Å²) in [5, 5.41) is 1.09. The predicted octanol–water partition coefficient (Wildman–Crippen LogP) is 2.19. The van der Waals surface area contributed by atoms with E-state index in [9.17, 15) is 0 Å². The molecule has 15 heavy (non-hydrogen) atoms. The van der Waals surface area contributed by atoms with Crippen LogP contribution in [-0.2, 0) is 0 Å². The van der Waals surface area contributed by atoms with Gasteiger partial charge in [-0.3, -0.25) is 0 Å². The molecule has 0 saturated carbocycles. The van der Waals surface area contributed by atoms with E-state index >= 15 is 0 Å². The van der Waals surface area contributed by atoms with Crippen molar-refractivity contribution in [2.75, 3.05) is 18.5 Å². The Morgan fingerprint density at radius 1 is 1.40 bits per heavy atom. The van der Waals surface area contributed by atoms with Gasteiger partial charge >= 0.3 is 0 Å². The van der Waals surface area contributed by atoms with Crippen LogP contribution >= 0.6 is 0 Å². The molecule has 0 aliphatic carbocycles. The number of hydrogen-bond acceptors (Lipinski definition) is 3. The summed E-state index contributed by atoms with van der Waals surface area (Å²) in [6.07, 6.45) is 5.89. The van der Waals surface area contributed by atoms with Crippen molar-refractivity contribution in [1.82, 2.24) is 15.0 Å². The van der Waals surface area contributed by atoms with Crippen molar-refractivity contribution in [2.45, 2.75) is 19.8 Å². The fourth-order valence-corrected chi connectivity index (χ4v) is 1.66. The lowest BCUT2D eigenvalue weighted by Gasteiger charge is -2.17. The second-order valence-electron chi connectivity index (χ2n) is 3.71. The van der Waals surface area contributed by atoms with Crippen molar-refractivity contribution in [1.29, 1.82) is 0 Å². The quantitative estimate of drug-likeness (QED) is 0.830. The third-order valence-electron chi connectivity index (χ3n) is 2.54. The molecule has 0 aromatic carbocycles. The van der Waals surface area contributed by atoms with E-state index in [1.54, 1.807) is 6.33 Å². The summed E-state index contributed by atoms with van der Waals surface area (Å²) in [5.41, 5.74) is 0.906. The molecular formula is C11H16N4. The highest BCUT2D eigenvalue weighted by Crippen LogP contribution is 2.20. The van der Waals surface area contributed by atoms with Gasteiger partial charge in [-0.05, 0) is 12.5 Å². The molecule has 0 amide bonds. The van der Waals surface area contributed by atoms with Gasteiger partial charge in [0, 0.05) is 19.8 Å². The number of fused-ring (bicyclic) bond motifs is 1. The summed E-state index contributed by atoms with van der Waals surface area (Å²) in [6.45, 7) is 3.23. The molecule has 2 rings (SSSR count). The van der Waals surface area contributed by atoms with E-state index in [1.807, 2.05) is 12.3 Å². The summed E-state index contributed by atoms with van der Waals surface area (Å²) in [7, 11) is 2.07. The number of unbranched alkanes of at least 4 members (excludes halogenated alkanes) is 1. The molecule has 0 aliphatic heterocycles. The highest BCUT2D eigenvalue weighted by molar-refractivity contribution is 5.87. The number of hydrogen-bond donors (Lipinski definition) is 1. The lowest BCUT2D eigenvalue weighted by atomic mass is 10.3. The van der Waals surface area contributed by atoms with Gasteiger partial charge in [0.15, 0.2) is 0 Å². The van der Waals surface area contributed by atoms with Gasteiger partial charge in [0.05, 0.1) is 5.39 Å². The first-order valence-electron chi connectivity index (χ1n) is 5.32. The zero-order valence-electron chi connectivity index (χ0n) is 9.20. The van der Waals surface area contributed by atoms with Crippen LogP contribution in [-0.4, -0.2) is 28.5 Å². The van der Waals surface area contributed by atoms with E-state index in [-0.39, 0.29) is 0 Å². The van der Waals surface area contributed by atoms with E-state index in [0.717, 1.165) is 23.4 Å². The lowest BCUT2D eigenvalue weighted by molar-refractivity contribution is 0.761. The second-order valence-corrected chi connectivity index (χ2v) is 3.71. The molecule has 0 aliphatic rings. The summed E-state index contributed by atoms with van der Waals surface area (Å²) >= 11 is 0. The monoisotopic (exact) mass is 204 g/mol. The van der Waals surface area contributed by atoms with Gasteiger partial charge in [-0.2, -0.15) is 0 Å². The van der Waals surface area contributed by atoms with E-state index in [4.69, 9.17) is 0 Å². The Balaban J connectivity index is 2.29. The molecule has 0 atom stereocenters. The maximum Gasteiger partial charge on any atom is 0.142 e. The molecule has 80 valence electrons. The minimum atomic E-state index is 0.906. The normalized spacial score (nSPS) is 10.8. The molecule has 4 heteroatoms. The third-order valence-corrected chi connectivity index (χ3v) is 2.54. The van der Waals surface area contributed by atoms with E-state index in [2.05, 4.69) is 33.8 Å². The van der Waals surface area contributed by atoms with Crippen LogP contribution in [0.4, 0.5) is 5.82 Å². The second kappa shape index (κ2) is 4.29. The van der Waals surface area contributed by atoms with Gasteiger partial charge in [-0.15, -0.1) is 0 Å². The van der Waals surface area contributed by atoms with Crippen LogP contribution in [0.3, 0.4) is 0 Å². The van der Waals surface area contributed by atoms with E-state index < -0.39 is 0 Å². The van der Waals surface area contributed by atoms with Crippen molar-refractivity contribution in [3.63, 3.8) is 0 Å². The Kier molecular flexibility index (Phi) is 2.85. The van der Waals surface area contributed by atoms with Crippen LogP contribution in [0.25, 0.3) is 11.0 Å². The van der Waals surface area contributed by atoms with Crippen LogP contribution < -0.4 is 4.90 Å². The van der Waals surface area contributed by atoms with E-state index in [0.29, 0.717) is 0 Å². The maximum absolute atomic E-state index is 4.33. The first kappa shape index (κ1) is 9.96. The predicted molar refractivity (Wildman–Crippen MR) is 62.1 cm³/mol. The fourth-order valence-electron chi connectivity index (χ4n) is 1.66. The van der Waals surface area contributed by atoms with Crippen LogP contribution in [0.5, 0.6) is 0 Å². The highest BCUT2D eigenvalue weighted by Gasteiger charge is 2.07. The van der Waals surface area contributed by atoms with Crippen molar-refractivity contribution >= 4 is 16.9 Å². The largest absolute Gasteiger partial charge is 0.359 e. The van der Waals surface area contributed by atoms with Crippen LogP contribution in [0.1, 0.15) is 19.8 Å². The standard InChI is InChI=1S/C11H16N4/c1-3-4-7-15(2)11-9-5-6-12-10(9)13-8-14-11/h5-6,8H,3-4,7H2,1-2H3,(H,12,13,14). The van der Waals surface area contributed by atoms with Crippen LogP contribution in [0.15, 0.2) is 18.6 Å². The Morgan fingerprint density at radius 2 is 2.27 bits per heavy atom. The Labute approximate surface area is 89.3 Å². The number of aromatic nitrogens is 3. The van der Waals surface area contributed by atoms with Gasteiger partial charge in [-0.25, -0.2) is 9.97 Å². The average molecular weight is 204 g/mol. The molecule has 1 N–H and O–H groups in total. The number of aromatic amines is 1. The lowest BCUT2D eigenvalue weighted by Crippen LogP contribution is -2.19. The highest BCUT2D eigenvalue weighted by atomic mass is 15.2. The van der Waals surface area contributed by atoms with Gasteiger partial charge in [0.2, 0.25) is 0 Å². The number of rotatable bonds is 4. The smallest absolute Gasteiger partial charge is 0.142 e. The average Bonchev–Trinajstić information content (AvgIpc) is 2.73. The molecule has 0 bridgehead atoms. The fraction of sp³-hybridized carbons (Fsp3) is 0.455. The van der Waals surface area contributed by atoms with Gasteiger partial charge in [0.25, 0.3) is 0 Å². The molecule has 0 radical (unpaired) electrons. The molecule has 0 spiro atoms. The Bertz CT molecular complexity index is 435. The number of nitrogens with zero attached hydrogens (tertiary/aromatic N) is 3. The molecule has 0 fully saturated rings. The number of anilines is 1. The van der Waals surface area contributed by atoms with Gasteiger partial charge < -0.3 is 9.88 Å². The first-order valence-corrected chi connectivity index (χ1v) is 5.32.